The van der Waals surface area contributed by atoms with Gasteiger partial charge in [-0.2, -0.15) is 0 Å². The largest absolute Gasteiger partial charge is 0.494 e. The maximum absolute atomic E-state index is 12.6. The van der Waals surface area contributed by atoms with E-state index in [9.17, 15) is 4.79 Å². The Bertz CT molecular complexity index is 720. The molecule has 1 aliphatic heterocycles. The van der Waals surface area contributed by atoms with Crippen molar-refractivity contribution in [3.05, 3.63) is 55.1 Å². The van der Waals surface area contributed by atoms with Crippen LogP contribution in [0, 0.1) is 5.92 Å². The van der Waals surface area contributed by atoms with Gasteiger partial charge in [0.2, 0.25) is 0 Å². The predicted molar refractivity (Wildman–Crippen MR) is 109 cm³/mol. The smallest absolute Gasteiger partial charge is 0.399 e. The maximum atomic E-state index is 12.6. The van der Waals surface area contributed by atoms with E-state index in [4.69, 9.17) is 14.1 Å². The molecule has 1 aromatic carbocycles. The van der Waals surface area contributed by atoms with Gasteiger partial charge in [0, 0.05) is 18.5 Å². The number of nitrogens with zero attached hydrogens (tertiary/aromatic N) is 1. The average molecular weight is 371 g/mol. The minimum Gasteiger partial charge on any atom is -0.399 e. The Morgan fingerprint density at radius 3 is 2.48 bits per heavy atom. The number of benzene rings is 1. The van der Waals surface area contributed by atoms with Crippen molar-refractivity contribution in [2.75, 3.05) is 7.05 Å². The monoisotopic (exact) mass is 371 g/mol. The molecule has 1 saturated heterocycles. The van der Waals surface area contributed by atoms with Gasteiger partial charge in [-0.05, 0) is 45.3 Å². The van der Waals surface area contributed by atoms with Crippen LogP contribution in [-0.4, -0.2) is 42.4 Å². The van der Waals surface area contributed by atoms with Gasteiger partial charge in [-0.25, -0.2) is 5.06 Å². The molecule has 5 nitrogen and oxygen atoms in total. The molecule has 3 atom stereocenters. The number of amides is 1. The molecule has 0 bridgehead atoms. The van der Waals surface area contributed by atoms with Crippen LogP contribution in [0.5, 0.6) is 0 Å². The Kier molecular flexibility index (Phi) is 6.35. The summed E-state index contributed by atoms with van der Waals surface area (Å²) in [6.07, 6.45) is 3.25. The van der Waals surface area contributed by atoms with Crippen LogP contribution >= 0.6 is 0 Å². The lowest BCUT2D eigenvalue weighted by Gasteiger charge is -2.40. The zero-order valence-corrected chi connectivity index (χ0v) is 17.2. The van der Waals surface area contributed by atoms with Crippen LogP contribution < -0.4 is 5.46 Å². The van der Waals surface area contributed by atoms with Gasteiger partial charge in [0.1, 0.15) is 6.10 Å². The summed E-state index contributed by atoms with van der Waals surface area (Å²) < 4.78 is 12.5. The minimum atomic E-state index is -0.557. The zero-order valence-electron chi connectivity index (χ0n) is 17.2. The first-order valence-electron chi connectivity index (χ1n) is 9.21. The topological polar surface area (TPSA) is 48.0 Å². The average Bonchev–Trinajstić information content (AvgIpc) is 2.90. The third kappa shape index (κ3) is 4.18. The second-order valence-electron chi connectivity index (χ2n) is 7.68. The first-order valence-corrected chi connectivity index (χ1v) is 9.21. The highest BCUT2D eigenvalue weighted by Crippen LogP contribution is 2.42. The number of carbonyl (C=O) groups excluding carboxylic acids is 1. The summed E-state index contributed by atoms with van der Waals surface area (Å²) in [6.45, 7) is 17.5. The van der Waals surface area contributed by atoms with E-state index in [1.54, 1.807) is 25.3 Å². The van der Waals surface area contributed by atoms with Crippen LogP contribution in [0.4, 0.5) is 0 Å². The lowest BCUT2D eigenvalue weighted by Crippen LogP contribution is -2.49. The summed E-state index contributed by atoms with van der Waals surface area (Å²) in [5, 5.41) is 1.22. The molecule has 0 aliphatic carbocycles. The summed E-state index contributed by atoms with van der Waals surface area (Å²) in [5.41, 5.74) is 0.254. The molecule has 0 N–H and O–H groups in total. The maximum Gasteiger partial charge on any atom is 0.494 e. The molecule has 146 valence electrons. The second kappa shape index (κ2) is 8.01. The molecule has 1 aliphatic rings. The standard InChI is InChI=1S/C21H30BNO4/c1-9-15(3)21(7)20(5,6)26-22(27-21)18-13-11-12-17(14-18)19(24)23(8)25-16(4)10-2/h9-16H,1-2H2,3-8H3. The third-order valence-corrected chi connectivity index (χ3v) is 5.52. The van der Waals surface area contributed by atoms with Gasteiger partial charge in [0.15, 0.2) is 0 Å². The van der Waals surface area contributed by atoms with E-state index in [2.05, 4.69) is 20.1 Å². The number of carbonyl (C=O) groups is 1. The first-order chi connectivity index (χ1) is 12.6. The fraction of sp³-hybridized carbons (Fsp3) is 0.476. The molecule has 27 heavy (non-hydrogen) atoms. The van der Waals surface area contributed by atoms with E-state index in [-0.39, 0.29) is 17.9 Å². The zero-order chi connectivity index (χ0) is 20.4. The Hall–Kier alpha value is -1.89. The van der Waals surface area contributed by atoms with Gasteiger partial charge < -0.3 is 9.31 Å². The highest BCUT2D eigenvalue weighted by Gasteiger charge is 2.56. The Labute approximate surface area is 163 Å². The Balaban J connectivity index is 2.24. The number of hydrogen-bond donors (Lipinski definition) is 0. The fourth-order valence-corrected chi connectivity index (χ4v) is 3.13. The second-order valence-corrected chi connectivity index (χ2v) is 7.68. The molecule has 2 rings (SSSR count). The Morgan fingerprint density at radius 2 is 1.89 bits per heavy atom. The Morgan fingerprint density at radius 1 is 1.22 bits per heavy atom. The van der Waals surface area contributed by atoms with Crippen molar-refractivity contribution in [1.82, 2.24) is 5.06 Å². The fourth-order valence-electron chi connectivity index (χ4n) is 3.13. The van der Waals surface area contributed by atoms with E-state index in [1.165, 1.54) is 5.06 Å². The van der Waals surface area contributed by atoms with Crippen LogP contribution in [0.3, 0.4) is 0 Å². The minimum absolute atomic E-state index is 0.0993. The third-order valence-electron chi connectivity index (χ3n) is 5.52. The molecule has 1 fully saturated rings. The van der Waals surface area contributed by atoms with Crippen molar-refractivity contribution in [3.63, 3.8) is 0 Å². The van der Waals surface area contributed by atoms with Crippen LogP contribution in [-0.2, 0) is 14.1 Å². The summed E-state index contributed by atoms with van der Waals surface area (Å²) >= 11 is 0. The van der Waals surface area contributed by atoms with Crippen molar-refractivity contribution in [1.29, 1.82) is 0 Å². The van der Waals surface area contributed by atoms with Gasteiger partial charge in [-0.3, -0.25) is 9.63 Å². The van der Waals surface area contributed by atoms with E-state index >= 15 is 0 Å². The summed E-state index contributed by atoms with van der Waals surface area (Å²) in [7, 11) is 1.03. The predicted octanol–water partition coefficient (Wildman–Crippen LogP) is 3.37. The summed E-state index contributed by atoms with van der Waals surface area (Å²) in [6, 6.07) is 7.25. The van der Waals surface area contributed by atoms with Crippen LogP contribution in [0.1, 0.15) is 45.0 Å². The van der Waals surface area contributed by atoms with Crippen molar-refractivity contribution in [2.45, 2.75) is 51.9 Å². The van der Waals surface area contributed by atoms with Crippen LogP contribution in [0.15, 0.2) is 49.6 Å². The molecule has 6 heteroatoms. The van der Waals surface area contributed by atoms with Gasteiger partial charge in [0.05, 0.1) is 11.2 Å². The number of hydroxylamine groups is 2. The molecular formula is C21H30BNO4. The molecule has 0 saturated carbocycles. The molecule has 0 aromatic heterocycles. The molecule has 3 unspecified atom stereocenters. The number of rotatable bonds is 7. The van der Waals surface area contributed by atoms with Crippen LogP contribution in [0.25, 0.3) is 0 Å². The quantitative estimate of drug-likeness (QED) is 0.419. The van der Waals surface area contributed by atoms with Crippen LogP contribution in [0.2, 0.25) is 0 Å². The molecule has 0 spiro atoms. The van der Waals surface area contributed by atoms with Gasteiger partial charge in [-0.15, -0.1) is 13.2 Å². The van der Waals surface area contributed by atoms with Crippen molar-refractivity contribution in [2.24, 2.45) is 5.92 Å². The van der Waals surface area contributed by atoms with Gasteiger partial charge >= 0.3 is 7.12 Å². The first kappa shape index (κ1) is 21.4. The SMILES string of the molecule is C=CC(C)ON(C)C(=O)c1cccc(B2OC(C)(C)C(C)(C(C)C=C)O2)c1. The lowest BCUT2D eigenvalue weighted by atomic mass is 9.77. The van der Waals surface area contributed by atoms with E-state index in [0.29, 0.717) is 5.56 Å². The van der Waals surface area contributed by atoms with E-state index in [0.717, 1.165) is 5.46 Å². The summed E-state index contributed by atoms with van der Waals surface area (Å²) in [4.78, 5) is 18.1. The molecule has 1 amide bonds. The lowest BCUT2D eigenvalue weighted by molar-refractivity contribution is -0.126. The highest BCUT2D eigenvalue weighted by atomic mass is 16.7. The normalized spacial score (nSPS) is 23.6. The molecule has 1 heterocycles. The molecule has 0 radical (unpaired) electrons. The highest BCUT2D eigenvalue weighted by molar-refractivity contribution is 6.62. The molecular weight excluding hydrogens is 341 g/mol. The van der Waals surface area contributed by atoms with Gasteiger partial charge in [-0.1, -0.05) is 31.2 Å². The van der Waals surface area contributed by atoms with E-state index < -0.39 is 18.3 Å². The van der Waals surface area contributed by atoms with Crippen molar-refractivity contribution < 1.29 is 18.9 Å². The van der Waals surface area contributed by atoms with Crippen molar-refractivity contribution >= 4 is 18.5 Å². The van der Waals surface area contributed by atoms with E-state index in [1.807, 2.05) is 45.9 Å². The van der Waals surface area contributed by atoms with Crippen molar-refractivity contribution in [3.8, 4) is 0 Å². The van der Waals surface area contributed by atoms with Gasteiger partial charge in [0.25, 0.3) is 5.91 Å². The number of hydrogen-bond acceptors (Lipinski definition) is 4. The summed E-state index contributed by atoms with van der Waals surface area (Å²) in [5.74, 6) is -0.146. The molecule has 1 aromatic rings.